The van der Waals surface area contributed by atoms with Crippen LogP contribution in [0.5, 0.6) is 0 Å². The van der Waals surface area contributed by atoms with E-state index in [0.717, 1.165) is 16.8 Å². The van der Waals surface area contributed by atoms with Crippen LogP contribution in [-0.4, -0.2) is 15.6 Å². The summed E-state index contributed by atoms with van der Waals surface area (Å²) in [5.41, 5.74) is 7.71. The third kappa shape index (κ3) is 2.54. The van der Waals surface area contributed by atoms with Gasteiger partial charge >= 0.3 is 6.03 Å². The fraction of sp³-hybridized carbons (Fsp3) is 0.100. The molecule has 0 atom stereocenters. The Hall–Kier alpha value is -1.95. The Morgan fingerprint density at radius 1 is 1.38 bits per heavy atom. The summed E-state index contributed by atoms with van der Waals surface area (Å²) in [6.07, 6.45) is 0. The summed E-state index contributed by atoms with van der Waals surface area (Å²) in [6, 6.07) is 6.97. The molecule has 0 spiro atoms. The van der Waals surface area contributed by atoms with Gasteiger partial charge in [0.25, 0.3) is 0 Å². The molecule has 0 saturated carbocycles. The normalized spacial score (nSPS) is 10.0. The van der Waals surface area contributed by atoms with Gasteiger partial charge in [0.05, 0.1) is 6.54 Å². The van der Waals surface area contributed by atoms with Crippen molar-refractivity contribution in [1.82, 2.24) is 14.9 Å². The molecule has 6 heteroatoms. The van der Waals surface area contributed by atoms with E-state index in [1.807, 2.05) is 29.6 Å². The van der Waals surface area contributed by atoms with E-state index in [1.54, 1.807) is 0 Å². The van der Waals surface area contributed by atoms with E-state index in [4.69, 9.17) is 5.73 Å². The summed E-state index contributed by atoms with van der Waals surface area (Å²) in [7, 11) is 0. The maximum atomic E-state index is 10.5. The number of carbonyl (C=O) groups is 1. The van der Waals surface area contributed by atoms with Crippen LogP contribution in [0.1, 0.15) is 5.56 Å². The Morgan fingerprint density at radius 3 is 2.69 bits per heavy atom. The summed E-state index contributed by atoms with van der Waals surface area (Å²) < 4.78 is 3.79. The van der Waals surface area contributed by atoms with E-state index in [2.05, 4.69) is 14.9 Å². The van der Waals surface area contributed by atoms with Crippen molar-refractivity contribution in [3.05, 3.63) is 35.2 Å². The number of nitrogens with zero attached hydrogens (tertiary/aromatic N) is 3. The molecule has 1 aromatic heterocycles. The summed E-state index contributed by atoms with van der Waals surface area (Å²) in [5.74, 6) is 0. The van der Waals surface area contributed by atoms with Crippen LogP contribution in [0.15, 0.2) is 29.6 Å². The van der Waals surface area contributed by atoms with Crippen LogP contribution in [0.4, 0.5) is 4.79 Å². The molecule has 2 amide bonds. The molecule has 0 aliphatic heterocycles. The van der Waals surface area contributed by atoms with Crippen LogP contribution < -0.4 is 11.1 Å². The lowest BCUT2D eigenvalue weighted by Crippen LogP contribution is -2.21. The Balaban J connectivity index is 2.08. The number of urea groups is 1. The van der Waals surface area contributed by atoms with Crippen LogP contribution in [0.2, 0.25) is 0 Å². The highest BCUT2D eigenvalue weighted by atomic mass is 32.1. The van der Waals surface area contributed by atoms with Crippen molar-refractivity contribution in [2.45, 2.75) is 6.54 Å². The molecular formula is C10H9N4OS. The third-order valence-corrected chi connectivity index (χ3v) is 2.53. The summed E-state index contributed by atoms with van der Waals surface area (Å²) in [5, 5.41) is 9.44. The molecular weight excluding hydrogens is 224 g/mol. The van der Waals surface area contributed by atoms with Gasteiger partial charge in [0, 0.05) is 10.9 Å². The molecule has 0 aliphatic carbocycles. The van der Waals surface area contributed by atoms with E-state index in [1.165, 1.54) is 11.5 Å². The summed E-state index contributed by atoms with van der Waals surface area (Å²) in [6.45, 7) is 0.310. The standard InChI is InChI=1S/C10H9N4OS/c11-10(15)12-5-7-1-3-8(4-2-7)9-6-16-14-13-9/h1-4,6H,5H2,(H2,11,15). The second-order valence-corrected chi connectivity index (χ2v) is 3.75. The molecule has 2 rings (SSSR count). The Kier molecular flexibility index (Phi) is 3.11. The van der Waals surface area contributed by atoms with Crippen molar-refractivity contribution in [2.75, 3.05) is 0 Å². The SMILES string of the molecule is NC(=O)[N]Cc1ccc(-c2csnn2)cc1. The first-order valence-electron chi connectivity index (χ1n) is 4.59. The van der Waals surface area contributed by atoms with Crippen molar-refractivity contribution < 1.29 is 4.79 Å². The number of hydrogen-bond acceptors (Lipinski definition) is 4. The van der Waals surface area contributed by atoms with Gasteiger partial charge in [0.2, 0.25) is 0 Å². The first kappa shape index (κ1) is 10.6. The molecule has 5 nitrogen and oxygen atoms in total. The zero-order chi connectivity index (χ0) is 11.4. The summed E-state index contributed by atoms with van der Waals surface area (Å²) >= 11 is 1.31. The topological polar surface area (TPSA) is 83.0 Å². The van der Waals surface area contributed by atoms with Crippen molar-refractivity contribution in [1.29, 1.82) is 0 Å². The van der Waals surface area contributed by atoms with Crippen LogP contribution >= 0.6 is 11.5 Å². The highest BCUT2D eigenvalue weighted by Gasteiger charge is 2.01. The Bertz CT molecular complexity index is 466. The molecule has 2 aromatic rings. The molecule has 0 fully saturated rings. The summed E-state index contributed by atoms with van der Waals surface area (Å²) in [4.78, 5) is 10.5. The van der Waals surface area contributed by atoms with E-state index < -0.39 is 6.03 Å². The van der Waals surface area contributed by atoms with Crippen LogP contribution in [0, 0.1) is 0 Å². The smallest absolute Gasteiger partial charge is 0.334 e. The van der Waals surface area contributed by atoms with E-state index in [-0.39, 0.29) is 0 Å². The van der Waals surface area contributed by atoms with Gasteiger partial charge in [-0.2, -0.15) is 0 Å². The molecule has 81 valence electrons. The van der Waals surface area contributed by atoms with Crippen molar-refractivity contribution >= 4 is 17.6 Å². The van der Waals surface area contributed by atoms with Crippen molar-refractivity contribution in [3.8, 4) is 11.3 Å². The van der Waals surface area contributed by atoms with Crippen molar-refractivity contribution in [3.63, 3.8) is 0 Å². The van der Waals surface area contributed by atoms with Gasteiger partial charge in [0.15, 0.2) is 0 Å². The van der Waals surface area contributed by atoms with Gasteiger partial charge in [0.1, 0.15) is 5.69 Å². The number of aromatic nitrogens is 2. The zero-order valence-corrected chi connectivity index (χ0v) is 9.15. The lowest BCUT2D eigenvalue weighted by Gasteiger charge is -2.00. The quantitative estimate of drug-likeness (QED) is 0.869. The fourth-order valence-electron chi connectivity index (χ4n) is 1.24. The molecule has 0 aliphatic rings. The maximum Gasteiger partial charge on any atom is 0.334 e. The van der Waals surface area contributed by atoms with E-state index in [9.17, 15) is 4.79 Å². The van der Waals surface area contributed by atoms with Crippen LogP contribution in [0.25, 0.3) is 11.3 Å². The first-order chi connectivity index (χ1) is 7.75. The Labute approximate surface area is 96.5 Å². The number of rotatable bonds is 3. The van der Waals surface area contributed by atoms with Gasteiger partial charge in [-0.25, -0.2) is 10.1 Å². The average Bonchev–Trinajstić information content (AvgIpc) is 2.80. The minimum atomic E-state index is -0.646. The highest BCUT2D eigenvalue weighted by Crippen LogP contribution is 2.17. The highest BCUT2D eigenvalue weighted by molar-refractivity contribution is 7.03. The Morgan fingerprint density at radius 2 is 2.12 bits per heavy atom. The third-order valence-electron chi connectivity index (χ3n) is 2.03. The molecule has 0 unspecified atom stereocenters. The zero-order valence-electron chi connectivity index (χ0n) is 8.33. The number of carbonyl (C=O) groups excluding carboxylic acids is 1. The number of amides is 2. The van der Waals surface area contributed by atoms with Gasteiger partial charge in [-0.15, -0.1) is 5.10 Å². The first-order valence-corrected chi connectivity index (χ1v) is 5.42. The number of nitrogens with two attached hydrogens (primary N) is 1. The predicted octanol–water partition coefficient (Wildman–Crippen LogP) is 1.39. The molecule has 0 bridgehead atoms. The number of primary amides is 1. The van der Waals surface area contributed by atoms with Gasteiger partial charge < -0.3 is 5.73 Å². The average molecular weight is 233 g/mol. The number of benzene rings is 1. The largest absolute Gasteiger partial charge is 0.350 e. The minimum absolute atomic E-state index is 0.310. The lowest BCUT2D eigenvalue weighted by molar-refractivity contribution is 0.248. The van der Waals surface area contributed by atoms with Gasteiger partial charge in [-0.05, 0) is 17.1 Å². The van der Waals surface area contributed by atoms with Gasteiger partial charge in [-0.3, -0.25) is 0 Å². The van der Waals surface area contributed by atoms with E-state index >= 15 is 0 Å². The monoisotopic (exact) mass is 233 g/mol. The molecule has 1 heterocycles. The molecule has 2 N–H and O–H groups in total. The molecule has 16 heavy (non-hydrogen) atoms. The maximum absolute atomic E-state index is 10.5. The lowest BCUT2D eigenvalue weighted by atomic mass is 10.1. The van der Waals surface area contributed by atoms with Gasteiger partial charge in [-0.1, -0.05) is 28.8 Å². The second kappa shape index (κ2) is 4.71. The predicted molar refractivity (Wildman–Crippen MR) is 60.8 cm³/mol. The number of hydrogen-bond donors (Lipinski definition) is 1. The molecule has 1 aromatic carbocycles. The van der Waals surface area contributed by atoms with Crippen molar-refractivity contribution in [2.24, 2.45) is 5.73 Å². The fourth-order valence-corrected chi connectivity index (χ4v) is 1.71. The minimum Gasteiger partial charge on any atom is -0.350 e. The van der Waals surface area contributed by atoms with E-state index in [0.29, 0.717) is 6.54 Å². The van der Waals surface area contributed by atoms with Crippen LogP contribution in [-0.2, 0) is 6.54 Å². The molecule has 1 radical (unpaired) electrons. The molecule has 0 saturated heterocycles. The second-order valence-electron chi connectivity index (χ2n) is 3.14. The van der Waals surface area contributed by atoms with Crippen LogP contribution in [0.3, 0.4) is 0 Å².